The lowest BCUT2D eigenvalue weighted by molar-refractivity contribution is -0.113. The van der Waals surface area contributed by atoms with Crippen molar-refractivity contribution in [2.45, 2.75) is 38.3 Å². The molecule has 0 saturated carbocycles. The fourth-order valence-electron chi connectivity index (χ4n) is 3.77. The van der Waals surface area contributed by atoms with Gasteiger partial charge in [-0.15, -0.1) is 0 Å². The van der Waals surface area contributed by atoms with Crippen molar-refractivity contribution in [3.63, 3.8) is 0 Å². The van der Waals surface area contributed by atoms with Crippen LogP contribution >= 0.6 is 11.8 Å². The Morgan fingerprint density at radius 3 is 2.65 bits per heavy atom. The largest absolute Gasteiger partial charge is 0.341 e. The van der Waals surface area contributed by atoms with Crippen molar-refractivity contribution in [3.8, 4) is 6.07 Å². The fraction of sp³-hybridized carbons (Fsp3) is 0.240. The van der Waals surface area contributed by atoms with E-state index in [4.69, 9.17) is 0 Å². The van der Waals surface area contributed by atoms with Crippen LogP contribution in [0.2, 0.25) is 0 Å². The zero-order valence-corrected chi connectivity index (χ0v) is 18.7. The summed E-state index contributed by atoms with van der Waals surface area (Å²) in [4.78, 5) is 17.2. The summed E-state index contributed by atoms with van der Waals surface area (Å²) < 4.78 is 2.28. The van der Waals surface area contributed by atoms with Crippen LogP contribution in [0.1, 0.15) is 37.9 Å². The lowest BCUT2D eigenvalue weighted by Gasteiger charge is -2.09. The molecule has 0 radical (unpaired) electrons. The van der Waals surface area contributed by atoms with Gasteiger partial charge in [-0.25, -0.2) is 4.98 Å². The first-order valence-corrected chi connectivity index (χ1v) is 11.3. The molecule has 5 nitrogen and oxygen atoms in total. The van der Waals surface area contributed by atoms with Crippen molar-refractivity contribution >= 4 is 45.2 Å². The average Bonchev–Trinajstić information content (AvgIpc) is 3.10. The number of carbonyl (C=O) groups is 1. The van der Waals surface area contributed by atoms with Crippen LogP contribution < -0.4 is 5.32 Å². The first-order chi connectivity index (χ1) is 15.0. The summed E-state index contributed by atoms with van der Waals surface area (Å²) in [5.74, 6) is 0.333. The predicted octanol–water partition coefficient (Wildman–Crippen LogP) is 5.94. The highest BCUT2D eigenvalue weighted by atomic mass is 32.2. The van der Waals surface area contributed by atoms with E-state index >= 15 is 0 Å². The number of para-hydroxylation sites is 1. The van der Waals surface area contributed by atoms with E-state index < -0.39 is 0 Å². The highest BCUT2D eigenvalue weighted by molar-refractivity contribution is 8.00. The molecule has 1 N–H and O–H groups in total. The van der Waals surface area contributed by atoms with E-state index in [2.05, 4.69) is 59.9 Å². The zero-order valence-electron chi connectivity index (χ0n) is 17.8. The van der Waals surface area contributed by atoms with E-state index in [0.717, 1.165) is 28.8 Å². The Hall–Kier alpha value is -3.30. The number of carbonyl (C=O) groups excluding carboxylic acids is 1. The summed E-state index contributed by atoms with van der Waals surface area (Å²) in [6.07, 6.45) is 0. The molecule has 0 saturated heterocycles. The SMILES string of the molecule is CCn1c2ccccc2c2cc(NC(=O)CSc3nc(C(C)C)ccc3C#N)ccc21. The van der Waals surface area contributed by atoms with Crippen molar-refractivity contribution in [1.29, 1.82) is 5.26 Å². The van der Waals surface area contributed by atoms with Gasteiger partial charge in [0.2, 0.25) is 5.91 Å². The normalized spacial score (nSPS) is 11.2. The quantitative estimate of drug-likeness (QED) is 0.386. The van der Waals surface area contributed by atoms with E-state index in [1.165, 1.54) is 22.7 Å². The number of aromatic nitrogens is 2. The molecule has 0 bridgehead atoms. The second-order valence-electron chi connectivity index (χ2n) is 7.69. The third kappa shape index (κ3) is 4.14. The Labute approximate surface area is 186 Å². The number of nitrogens with zero attached hydrogens (tertiary/aromatic N) is 3. The number of fused-ring (bicyclic) bond motifs is 3. The number of benzene rings is 2. The van der Waals surface area contributed by atoms with E-state index in [0.29, 0.717) is 10.6 Å². The molecule has 2 aromatic heterocycles. The molecular weight excluding hydrogens is 404 g/mol. The highest BCUT2D eigenvalue weighted by Crippen LogP contribution is 2.31. The third-order valence-electron chi connectivity index (χ3n) is 5.31. The molecule has 0 aliphatic rings. The van der Waals surface area contributed by atoms with Crippen molar-refractivity contribution in [3.05, 3.63) is 65.9 Å². The van der Waals surface area contributed by atoms with Crippen molar-refractivity contribution in [1.82, 2.24) is 9.55 Å². The molecule has 156 valence electrons. The van der Waals surface area contributed by atoms with E-state index in [9.17, 15) is 10.1 Å². The van der Waals surface area contributed by atoms with Gasteiger partial charge in [-0.3, -0.25) is 4.79 Å². The standard InChI is InChI=1S/C25H24N4OS/c1-4-29-22-8-6-5-7-19(22)20-13-18(10-12-23(20)29)27-24(30)15-31-25-17(14-26)9-11-21(28-25)16(2)3/h5-13,16H,4,15H2,1-3H3,(H,27,30). The molecular formula is C25H24N4OS. The number of amides is 1. The maximum atomic E-state index is 12.6. The highest BCUT2D eigenvalue weighted by Gasteiger charge is 2.13. The molecule has 4 aromatic rings. The van der Waals surface area contributed by atoms with Crippen LogP contribution in [-0.4, -0.2) is 21.2 Å². The summed E-state index contributed by atoms with van der Waals surface area (Å²) in [6.45, 7) is 7.13. The van der Waals surface area contributed by atoms with Crippen LogP contribution in [0.5, 0.6) is 0 Å². The van der Waals surface area contributed by atoms with E-state index in [-0.39, 0.29) is 17.6 Å². The average molecular weight is 429 g/mol. The van der Waals surface area contributed by atoms with Crippen molar-refractivity contribution < 1.29 is 4.79 Å². The number of pyridine rings is 1. The number of anilines is 1. The molecule has 0 spiro atoms. The van der Waals surface area contributed by atoms with Crippen LogP contribution in [0.4, 0.5) is 5.69 Å². The summed E-state index contributed by atoms with van der Waals surface area (Å²) in [5.41, 5.74) is 4.53. The number of rotatable bonds is 6. The van der Waals surface area contributed by atoms with Gasteiger partial charge < -0.3 is 9.88 Å². The fourth-order valence-corrected chi connectivity index (χ4v) is 4.55. The van der Waals surface area contributed by atoms with Crippen molar-refractivity contribution in [2.75, 3.05) is 11.1 Å². The molecule has 31 heavy (non-hydrogen) atoms. The third-order valence-corrected chi connectivity index (χ3v) is 6.30. The van der Waals surface area contributed by atoms with Gasteiger partial charge in [0.05, 0.1) is 11.3 Å². The Balaban J connectivity index is 1.54. The molecule has 6 heteroatoms. The number of thioether (sulfide) groups is 1. The number of nitrogens with one attached hydrogen (secondary N) is 1. The van der Waals surface area contributed by atoms with Gasteiger partial charge >= 0.3 is 0 Å². The van der Waals surface area contributed by atoms with Crippen LogP contribution in [0.3, 0.4) is 0 Å². The molecule has 2 aromatic carbocycles. The summed E-state index contributed by atoms with van der Waals surface area (Å²) in [5, 5.41) is 15.3. The smallest absolute Gasteiger partial charge is 0.234 e. The van der Waals surface area contributed by atoms with Crippen LogP contribution in [0.15, 0.2) is 59.6 Å². The molecule has 0 unspecified atom stereocenters. The van der Waals surface area contributed by atoms with Gasteiger partial charge in [-0.2, -0.15) is 5.26 Å². The lowest BCUT2D eigenvalue weighted by atomic mass is 10.1. The molecule has 0 aliphatic carbocycles. The number of hydrogen-bond donors (Lipinski definition) is 1. The zero-order chi connectivity index (χ0) is 22.0. The minimum atomic E-state index is -0.121. The topological polar surface area (TPSA) is 70.7 Å². The molecule has 2 heterocycles. The Morgan fingerprint density at radius 1 is 1.13 bits per heavy atom. The predicted molar refractivity (Wildman–Crippen MR) is 128 cm³/mol. The van der Waals surface area contributed by atoms with E-state index in [1.54, 1.807) is 6.07 Å². The summed E-state index contributed by atoms with van der Waals surface area (Å²) in [6, 6.07) is 20.2. The minimum absolute atomic E-state index is 0.121. The first-order valence-electron chi connectivity index (χ1n) is 10.4. The van der Waals surface area contributed by atoms with E-state index in [1.807, 2.05) is 30.3 Å². The Morgan fingerprint density at radius 2 is 1.90 bits per heavy atom. The maximum Gasteiger partial charge on any atom is 0.234 e. The van der Waals surface area contributed by atoms with Gasteiger partial charge in [0.25, 0.3) is 0 Å². The van der Waals surface area contributed by atoms with Gasteiger partial charge in [0.15, 0.2) is 0 Å². The van der Waals surface area contributed by atoms with Crippen molar-refractivity contribution in [2.24, 2.45) is 0 Å². The number of hydrogen-bond acceptors (Lipinski definition) is 4. The number of aryl methyl sites for hydroxylation is 1. The van der Waals surface area contributed by atoms with Crippen LogP contribution in [0.25, 0.3) is 21.8 Å². The molecule has 0 fully saturated rings. The molecule has 1 amide bonds. The van der Waals surface area contributed by atoms with Crippen LogP contribution in [-0.2, 0) is 11.3 Å². The Kier molecular flexibility index (Phi) is 5.97. The summed E-state index contributed by atoms with van der Waals surface area (Å²) >= 11 is 1.29. The number of nitriles is 1. The molecule has 0 atom stereocenters. The molecule has 4 rings (SSSR count). The van der Waals surface area contributed by atoms with Gasteiger partial charge in [-0.05, 0) is 49.2 Å². The first kappa shape index (κ1) is 21.0. The monoisotopic (exact) mass is 428 g/mol. The van der Waals surface area contributed by atoms with Gasteiger partial charge in [0.1, 0.15) is 11.1 Å². The molecule has 0 aliphatic heterocycles. The Bertz CT molecular complexity index is 1320. The second-order valence-corrected chi connectivity index (χ2v) is 8.65. The van der Waals surface area contributed by atoms with Crippen LogP contribution in [0, 0.1) is 11.3 Å². The minimum Gasteiger partial charge on any atom is -0.341 e. The maximum absolute atomic E-state index is 12.6. The van der Waals surface area contributed by atoms with Gasteiger partial charge in [-0.1, -0.05) is 43.8 Å². The summed E-state index contributed by atoms with van der Waals surface area (Å²) in [7, 11) is 0. The lowest BCUT2D eigenvalue weighted by Crippen LogP contribution is -2.14. The second kappa shape index (κ2) is 8.83. The van der Waals surface area contributed by atoms with Gasteiger partial charge in [0, 0.05) is 39.7 Å².